The van der Waals surface area contributed by atoms with Crippen LogP contribution >= 0.6 is 11.6 Å². The number of halogens is 4. The van der Waals surface area contributed by atoms with Crippen LogP contribution in [0.5, 0.6) is 11.5 Å². The molecule has 2 rings (SSSR count). The van der Waals surface area contributed by atoms with Crippen LogP contribution in [0.15, 0.2) is 42.5 Å². The van der Waals surface area contributed by atoms with Gasteiger partial charge in [-0.2, -0.15) is 18.4 Å². The van der Waals surface area contributed by atoms with E-state index in [-0.39, 0.29) is 22.9 Å². The molecule has 2 aromatic carbocycles. The molecule has 0 aromatic heterocycles. The van der Waals surface area contributed by atoms with Gasteiger partial charge < -0.3 is 4.74 Å². The van der Waals surface area contributed by atoms with Gasteiger partial charge in [0, 0.05) is 5.88 Å². The van der Waals surface area contributed by atoms with E-state index in [0.29, 0.717) is 0 Å². The Morgan fingerprint density at radius 3 is 2.52 bits per heavy atom. The molecular formula is C15H9ClF3NO. The van der Waals surface area contributed by atoms with Crippen molar-refractivity contribution in [3.8, 4) is 17.6 Å². The Morgan fingerprint density at radius 1 is 1.14 bits per heavy atom. The van der Waals surface area contributed by atoms with E-state index >= 15 is 0 Å². The maximum absolute atomic E-state index is 13.0. The van der Waals surface area contributed by atoms with Crippen molar-refractivity contribution in [2.45, 2.75) is 12.1 Å². The van der Waals surface area contributed by atoms with Crippen molar-refractivity contribution in [1.29, 1.82) is 5.26 Å². The van der Waals surface area contributed by atoms with Crippen LogP contribution in [-0.2, 0) is 12.1 Å². The van der Waals surface area contributed by atoms with Crippen LogP contribution < -0.4 is 4.74 Å². The highest BCUT2D eigenvalue weighted by Gasteiger charge is 2.35. The lowest BCUT2D eigenvalue weighted by molar-refractivity contribution is -0.138. The molecule has 0 unspecified atom stereocenters. The van der Waals surface area contributed by atoms with Gasteiger partial charge in [0.2, 0.25) is 0 Å². The Hall–Kier alpha value is -2.19. The van der Waals surface area contributed by atoms with Gasteiger partial charge in [-0.3, -0.25) is 0 Å². The number of hydrogen-bond acceptors (Lipinski definition) is 2. The molecule has 2 aromatic rings. The van der Waals surface area contributed by atoms with E-state index in [9.17, 15) is 13.2 Å². The molecule has 2 nitrogen and oxygen atoms in total. The summed E-state index contributed by atoms with van der Waals surface area (Å²) in [5.41, 5.74) is -0.335. The largest absolute Gasteiger partial charge is 0.457 e. The average molecular weight is 312 g/mol. The van der Waals surface area contributed by atoms with Crippen molar-refractivity contribution in [1.82, 2.24) is 0 Å². The van der Waals surface area contributed by atoms with Gasteiger partial charge in [-0.15, -0.1) is 11.6 Å². The third kappa shape index (κ3) is 3.67. The zero-order valence-corrected chi connectivity index (χ0v) is 11.4. The second kappa shape index (κ2) is 6.06. The Morgan fingerprint density at radius 2 is 1.90 bits per heavy atom. The van der Waals surface area contributed by atoms with E-state index in [2.05, 4.69) is 0 Å². The average Bonchev–Trinajstić information content (AvgIpc) is 2.46. The van der Waals surface area contributed by atoms with Crippen LogP contribution in [0.2, 0.25) is 0 Å². The fraction of sp³-hybridized carbons (Fsp3) is 0.133. The van der Waals surface area contributed by atoms with Crippen molar-refractivity contribution in [3.05, 3.63) is 59.2 Å². The lowest BCUT2D eigenvalue weighted by atomic mass is 10.1. The smallest absolute Gasteiger partial charge is 0.420 e. The number of nitrogens with zero attached hydrogens (tertiary/aromatic N) is 1. The summed E-state index contributed by atoms with van der Waals surface area (Å²) in [6.45, 7) is 0. The van der Waals surface area contributed by atoms with Crippen LogP contribution in [0.1, 0.15) is 16.7 Å². The van der Waals surface area contributed by atoms with Crippen LogP contribution in [-0.4, -0.2) is 0 Å². The number of rotatable bonds is 3. The van der Waals surface area contributed by atoms with Gasteiger partial charge in [0.05, 0.1) is 17.2 Å². The number of alkyl halides is 4. The van der Waals surface area contributed by atoms with Crippen LogP contribution in [0.3, 0.4) is 0 Å². The molecule has 0 spiro atoms. The van der Waals surface area contributed by atoms with Crippen molar-refractivity contribution in [3.63, 3.8) is 0 Å². The predicted molar refractivity (Wildman–Crippen MR) is 72.2 cm³/mol. The molecule has 0 bridgehead atoms. The highest BCUT2D eigenvalue weighted by Crippen LogP contribution is 2.38. The monoisotopic (exact) mass is 311 g/mol. The summed E-state index contributed by atoms with van der Waals surface area (Å²) in [5.74, 6) is 0.132. The molecule has 0 radical (unpaired) electrons. The van der Waals surface area contributed by atoms with Crippen molar-refractivity contribution >= 4 is 11.6 Å². The predicted octanol–water partition coefficient (Wildman–Crippen LogP) is 5.11. The van der Waals surface area contributed by atoms with Crippen LogP contribution in [0.25, 0.3) is 0 Å². The van der Waals surface area contributed by atoms with E-state index < -0.39 is 11.7 Å². The maximum atomic E-state index is 13.0. The molecule has 108 valence electrons. The Balaban J connectivity index is 2.42. The molecule has 0 aliphatic heterocycles. The molecule has 0 atom stereocenters. The Kier molecular flexibility index (Phi) is 4.39. The van der Waals surface area contributed by atoms with Gasteiger partial charge in [0.1, 0.15) is 11.5 Å². The first-order valence-corrected chi connectivity index (χ1v) is 6.41. The maximum Gasteiger partial charge on any atom is 0.420 e. The highest BCUT2D eigenvalue weighted by molar-refractivity contribution is 6.17. The van der Waals surface area contributed by atoms with E-state index in [1.807, 2.05) is 0 Å². The van der Waals surface area contributed by atoms with E-state index in [4.69, 9.17) is 21.6 Å². The lowest BCUT2D eigenvalue weighted by Crippen LogP contribution is -2.07. The molecule has 0 saturated carbocycles. The van der Waals surface area contributed by atoms with Gasteiger partial charge in [-0.1, -0.05) is 12.1 Å². The Bertz CT molecular complexity index is 692. The summed E-state index contributed by atoms with van der Waals surface area (Å²) < 4.78 is 44.3. The van der Waals surface area contributed by atoms with Crippen LogP contribution in [0, 0.1) is 11.3 Å². The number of nitriles is 1. The molecule has 0 amide bonds. The normalized spacial score (nSPS) is 11.0. The van der Waals surface area contributed by atoms with E-state index in [0.717, 1.165) is 17.7 Å². The van der Waals surface area contributed by atoms with Gasteiger partial charge >= 0.3 is 6.18 Å². The summed E-state index contributed by atoms with van der Waals surface area (Å²) in [6.07, 6.45) is -4.60. The first-order chi connectivity index (χ1) is 9.94. The molecule has 0 saturated heterocycles. The molecule has 0 fully saturated rings. The summed E-state index contributed by atoms with van der Waals surface area (Å²) in [4.78, 5) is 0. The third-order valence-electron chi connectivity index (χ3n) is 2.69. The van der Waals surface area contributed by atoms with Crippen molar-refractivity contribution < 1.29 is 17.9 Å². The number of ether oxygens (including phenoxy) is 1. The molecular weight excluding hydrogens is 303 g/mol. The third-order valence-corrected chi connectivity index (χ3v) is 3.00. The molecule has 0 aliphatic carbocycles. The minimum absolute atomic E-state index is 0.0795. The molecule has 0 N–H and O–H groups in total. The summed E-state index contributed by atoms with van der Waals surface area (Å²) >= 11 is 5.67. The minimum atomic E-state index is -4.60. The lowest BCUT2D eigenvalue weighted by Gasteiger charge is -2.14. The Labute approximate surface area is 124 Å². The first kappa shape index (κ1) is 15.2. The summed E-state index contributed by atoms with van der Waals surface area (Å²) in [5, 5.41) is 8.70. The van der Waals surface area contributed by atoms with Crippen molar-refractivity contribution in [2.75, 3.05) is 0 Å². The summed E-state index contributed by atoms with van der Waals surface area (Å²) in [7, 11) is 0. The zero-order chi connectivity index (χ0) is 15.5. The molecule has 6 heteroatoms. The quantitative estimate of drug-likeness (QED) is 0.738. The SMILES string of the molecule is N#Cc1ccc(Oc2cccc(CCl)c2)c(C(F)(F)F)c1. The van der Waals surface area contributed by atoms with E-state index in [1.165, 1.54) is 12.1 Å². The number of hydrogen-bond donors (Lipinski definition) is 0. The van der Waals surface area contributed by atoms with Gasteiger partial charge in [0.25, 0.3) is 0 Å². The van der Waals surface area contributed by atoms with Crippen LogP contribution in [0.4, 0.5) is 13.2 Å². The number of benzene rings is 2. The fourth-order valence-corrected chi connectivity index (χ4v) is 1.90. The van der Waals surface area contributed by atoms with E-state index in [1.54, 1.807) is 24.3 Å². The zero-order valence-electron chi connectivity index (χ0n) is 10.6. The standard InChI is InChI=1S/C15H9ClF3NO/c16-8-10-2-1-3-12(6-10)21-14-5-4-11(9-20)7-13(14)15(17,18)19/h1-7H,8H2. The first-order valence-electron chi connectivity index (χ1n) is 5.88. The molecule has 0 aliphatic rings. The second-order valence-electron chi connectivity index (χ2n) is 4.20. The van der Waals surface area contributed by atoms with Gasteiger partial charge in [0.15, 0.2) is 0 Å². The fourth-order valence-electron chi connectivity index (χ4n) is 1.73. The summed E-state index contributed by atoms with van der Waals surface area (Å²) in [6, 6.07) is 11.3. The van der Waals surface area contributed by atoms with Gasteiger partial charge in [-0.25, -0.2) is 0 Å². The highest BCUT2D eigenvalue weighted by atomic mass is 35.5. The topological polar surface area (TPSA) is 33.0 Å². The molecule has 21 heavy (non-hydrogen) atoms. The minimum Gasteiger partial charge on any atom is -0.457 e. The molecule has 0 heterocycles. The second-order valence-corrected chi connectivity index (χ2v) is 4.47. The van der Waals surface area contributed by atoms with Crippen molar-refractivity contribution in [2.24, 2.45) is 0 Å². The van der Waals surface area contributed by atoms with Gasteiger partial charge in [-0.05, 0) is 35.9 Å².